The monoisotopic (exact) mass is 454 g/mol. The van der Waals surface area contributed by atoms with Gasteiger partial charge in [0.2, 0.25) is 17.7 Å². The summed E-state index contributed by atoms with van der Waals surface area (Å²) in [4.78, 5) is 58.4. The summed E-state index contributed by atoms with van der Waals surface area (Å²) in [6, 6.07) is 5.48. The van der Waals surface area contributed by atoms with E-state index in [4.69, 9.17) is 15.9 Å². The molecule has 7 N–H and O–H groups in total. The summed E-state index contributed by atoms with van der Waals surface area (Å²) in [6.07, 6.45) is -0.617. The van der Waals surface area contributed by atoms with Crippen LogP contribution in [0, 0.1) is 0 Å². The minimum Gasteiger partial charge on any atom is -0.481 e. The molecule has 3 unspecified atom stereocenters. The average Bonchev–Trinajstić information content (AvgIpc) is 2.74. The maximum Gasteiger partial charge on any atom is 0.326 e. The van der Waals surface area contributed by atoms with Crippen LogP contribution < -0.4 is 21.7 Å². The van der Waals surface area contributed by atoms with Gasteiger partial charge in [-0.05, 0) is 12.0 Å². The number of aliphatic carboxylic acids is 2. The predicted octanol–water partition coefficient (Wildman–Crippen LogP) is -1.48. The molecular formula is C19H26N4O7S. The van der Waals surface area contributed by atoms with Crippen molar-refractivity contribution in [1.29, 1.82) is 0 Å². The Morgan fingerprint density at radius 3 is 2.16 bits per heavy atom. The smallest absolute Gasteiger partial charge is 0.326 e. The number of carboxylic acids is 2. The van der Waals surface area contributed by atoms with Crippen molar-refractivity contribution in [3.8, 4) is 0 Å². The fourth-order valence-electron chi connectivity index (χ4n) is 2.48. The number of benzene rings is 1. The third-order valence-corrected chi connectivity index (χ3v) is 4.55. The van der Waals surface area contributed by atoms with E-state index in [0.717, 1.165) is 5.56 Å². The zero-order valence-corrected chi connectivity index (χ0v) is 17.5. The van der Waals surface area contributed by atoms with Crippen LogP contribution in [-0.4, -0.2) is 70.3 Å². The Labute approximate surface area is 184 Å². The minimum absolute atomic E-state index is 0.0703. The Bertz CT molecular complexity index is 791. The lowest BCUT2D eigenvalue weighted by atomic mass is 10.0. The molecule has 3 amide bonds. The third-order valence-electron chi connectivity index (χ3n) is 4.15. The Kier molecular flexibility index (Phi) is 11.1. The van der Waals surface area contributed by atoms with E-state index in [1.165, 1.54) is 0 Å². The fourth-order valence-corrected chi connectivity index (χ4v) is 2.65. The van der Waals surface area contributed by atoms with Gasteiger partial charge in [0.1, 0.15) is 12.1 Å². The Hall–Kier alpha value is -3.12. The van der Waals surface area contributed by atoms with Crippen LogP contribution in [0.4, 0.5) is 0 Å². The van der Waals surface area contributed by atoms with Crippen molar-refractivity contribution in [1.82, 2.24) is 16.0 Å². The summed E-state index contributed by atoms with van der Waals surface area (Å²) in [5, 5.41) is 24.7. The lowest BCUT2D eigenvalue weighted by molar-refractivity contribution is -0.143. The van der Waals surface area contributed by atoms with Crippen molar-refractivity contribution in [3.63, 3.8) is 0 Å². The van der Waals surface area contributed by atoms with Gasteiger partial charge in [-0.3, -0.25) is 19.2 Å². The average molecular weight is 455 g/mol. The van der Waals surface area contributed by atoms with Crippen molar-refractivity contribution >= 4 is 42.3 Å². The number of carbonyl (C=O) groups is 5. The molecular weight excluding hydrogens is 428 g/mol. The zero-order chi connectivity index (χ0) is 23.4. The highest BCUT2D eigenvalue weighted by atomic mass is 32.1. The number of amides is 3. The quantitative estimate of drug-likeness (QED) is 0.176. The van der Waals surface area contributed by atoms with Crippen molar-refractivity contribution in [2.45, 2.75) is 37.4 Å². The van der Waals surface area contributed by atoms with E-state index in [9.17, 15) is 24.0 Å². The van der Waals surface area contributed by atoms with Gasteiger partial charge >= 0.3 is 11.9 Å². The molecule has 0 aliphatic rings. The normalized spacial score (nSPS) is 13.4. The zero-order valence-electron chi connectivity index (χ0n) is 16.6. The van der Waals surface area contributed by atoms with Crippen LogP contribution in [0.15, 0.2) is 30.3 Å². The molecule has 0 bridgehead atoms. The standard InChI is InChI=1S/C19H26N4O7S/c20-12(10-31)17(27)23-14(8-11-4-2-1-3-5-11)18(28)21-9-15(24)22-13(19(29)30)6-7-16(25)26/h1-5,12-14,31H,6-10,20H2,(H,21,28)(H,22,24)(H,23,27)(H,25,26)(H,29,30). The highest BCUT2D eigenvalue weighted by Gasteiger charge is 2.25. The molecule has 1 aromatic rings. The third kappa shape index (κ3) is 9.96. The second-order valence-electron chi connectivity index (χ2n) is 6.65. The number of hydrogen-bond acceptors (Lipinski definition) is 7. The van der Waals surface area contributed by atoms with E-state index in [0.29, 0.717) is 0 Å². The summed E-state index contributed by atoms with van der Waals surface area (Å²) in [6.45, 7) is -0.560. The number of carboxylic acid groups (broad SMARTS) is 2. The summed E-state index contributed by atoms with van der Waals surface area (Å²) < 4.78 is 0. The largest absolute Gasteiger partial charge is 0.481 e. The summed E-state index contributed by atoms with van der Waals surface area (Å²) >= 11 is 3.95. The number of thiol groups is 1. The maximum atomic E-state index is 12.6. The van der Waals surface area contributed by atoms with E-state index in [2.05, 4.69) is 28.6 Å². The van der Waals surface area contributed by atoms with Gasteiger partial charge in [0, 0.05) is 18.6 Å². The van der Waals surface area contributed by atoms with E-state index < -0.39 is 60.8 Å². The first-order valence-corrected chi connectivity index (χ1v) is 9.99. The number of nitrogens with two attached hydrogens (primary N) is 1. The van der Waals surface area contributed by atoms with Gasteiger partial charge in [-0.1, -0.05) is 30.3 Å². The summed E-state index contributed by atoms with van der Waals surface area (Å²) in [7, 11) is 0. The van der Waals surface area contributed by atoms with Crippen LogP contribution in [0.25, 0.3) is 0 Å². The molecule has 0 fully saturated rings. The van der Waals surface area contributed by atoms with E-state index in [1.807, 2.05) is 0 Å². The van der Waals surface area contributed by atoms with Crippen molar-refractivity contribution in [3.05, 3.63) is 35.9 Å². The highest BCUT2D eigenvalue weighted by molar-refractivity contribution is 7.80. The van der Waals surface area contributed by atoms with Gasteiger partial charge in [0.05, 0.1) is 12.6 Å². The van der Waals surface area contributed by atoms with Crippen LogP contribution in [0.1, 0.15) is 18.4 Å². The predicted molar refractivity (Wildman–Crippen MR) is 113 cm³/mol. The van der Waals surface area contributed by atoms with Gasteiger partial charge in [0.15, 0.2) is 0 Å². The second kappa shape index (κ2) is 13.2. The lowest BCUT2D eigenvalue weighted by Crippen LogP contribution is -2.54. The molecule has 1 rings (SSSR count). The fraction of sp³-hybridized carbons (Fsp3) is 0.421. The molecule has 11 nitrogen and oxygen atoms in total. The van der Waals surface area contributed by atoms with E-state index in [1.54, 1.807) is 30.3 Å². The van der Waals surface area contributed by atoms with Crippen LogP contribution >= 0.6 is 12.6 Å². The molecule has 0 spiro atoms. The molecule has 31 heavy (non-hydrogen) atoms. The topological polar surface area (TPSA) is 188 Å². The van der Waals surface area contributed by atoms with Gasteiger partial charge < -0.3 is 31.9 Å². The molecule has 0 heterocycles. The van der Waals surface area contributed by atoms with Crippen molar-refractivity contribution < 1.29 is 34.2 Å². The second-order valence-corrected chi connectivity index (χ2v) is 7.01. The van der Waals surface area contributed by atoms with Crippen LogP contribution in [0.5, 0.6) is 0 Å². The van der Waals surface area contributed by atoms with E-state index in [-0.39, 0.29) is 18.6 Å². The van der Waals surface area contributed by atoms with Crippen LogP contribution in [0.3, 0.4) is 0 Å². The first-order valence-electron chi connectivity index (χ1n) is 9.36. The molecule has 0 aliphatic heterocycles. The summed E-state index contributed by atoms with van der Waals surface area (Å²) in [5.74, 6) is -4.60. The molecule has 3 atom stereocenters. The number of hydrogen-bond donors (Lipinski definition) is 7. The number of carbonyl (C=O) groups excluding carboxylic acids is 3. The molecule has 0 saturated heterocycles. The van der Waals surface area contributed by atoms with Crippen LogP contribution in [-0.2, 0) is 30.4 Å². The summed E-state index contributed by atoms with van der Waals surface area (Å²) in [5.41, 5.74) is 6.39. The highest BCUT2D eigenvalue weighted by Crippen LogP contribution is 2.04. The Morgan fingerprint density at radius 1 is 0.968 bits per heavy atom. The number of nitrogens with one attached hydrogen (secondary N) is 3. The Morgan fingerprint density at radius 2 is 1.61 bits per heavy atom. The number of rotatable bonds is 13. The maximum absolute atomic E-state index is 12.6. The molecule has 0 aromatic heterocycles. The lowest BCUT2D eigenvalue weighted by Gasteiger charge is -2.20. The SMILES string of the molecule is NC(CS)C(=O)NC(Cc1ccccc1)C(=O)NCC(=O)NC(CCC(=O)O)C(=O)O. The first-order chi connectivity index (χ1) is 14.6. The first kappa shape index (κ1) is 25.9. The van der Waals surface area contributed by atoms with Gasteiger partial charge in [-0.15, -0.1) is 0 Å². The molecule has 0 aliphatic carbocycles. The van der Waals surface area contributed by atoms with Crippen molar-refractivity contribution in [2.24, 2.45) is 5.73 Å². The molecule has 1 aromatic carbocycles. The molecule has 0 saturated carbocycles. The minimum atomic E-state index is -1.41. The van der Waals surface area contributed by atoms with E-state index >= 15 is 0 Å². The molecule has 12 heteroatoms. The molecule has 170 valence electrons. The Balaban J connectivity index is 2.73. The van der Waals surface area contributed by atoms with Crippen LogP contribution in [0.2, 0.25) is 0 Å². The van der Waals surface area contributed by atoms with Gasteiger partial charge in [-0.25, -0.2) is 4.79 Å². The van der Waals surface area contributed by atoms with Gasteiger partial charge in [0.25, 0.3) is 0 Å². The van der Waals surface area contributed by atoms with Crippen molar-refractivity contribution in [2.75, 3.05) is 12.3 Å². The van der Waals surface area contributed by atoms with Gasteiger partial charge in [-0.2, -0.15) is 12.6 Å². The molecule has 0 radical (unpaired) electrons.